The summed E-state index contributed by atoms with van der Waals surface area (Å²) in [6, 6.07) is 5.46. The van der Waals surface area contributed by atoms with Gasteiger partial charge in [-0.1, -0.05) is 6.07 Å². The van der Waals surface area contributed by atoms with E-state index in [0.29, 0.717) is 29.5 Å². The van der Waals surface area contributed by atoms with Crippen LogP contribution in [-0.4, -0.2) is 37.0 Å². The van der Waals surface area contributed by atoms with Crippen molar-refractivity contribution in [2.45, 2.75) is 26.7 Å². The SMILES string of the molecule is CCOc1ccc(C(C2C(=O)NN=C2C)C2C(=O)NN=C2C)cc1OC. The van der Waals surface area contributed by atoms with Crippen LogP contribution in [0.2, 0.25) is 0 Å². The Kier molecular flexibility index (Phi) is 4.92. The highest BCUT2D eigenvalue weighted by Gasteiger charge is 2.46. The van der Waals surface area contributed by atoms with E-state index in [4.69, 9.17) is 9.47 Å². The number of carbonyl (C=O) groups is 2. The average Bonchev–Trinajstić information content (AvgIpc) is 3.13. The molecule has 2 unspecified atom stereocenters. The van der Waals surface area contributed by atoms with Gasteiger partial charge in [-0.25, -0.2) is 10.9 Å². The van der Waals surface area contributed by atoms with Gasteiger partial charge in [0.15, 0.2) is 11.5 Å². The minimum Gasteiger partial charge on any atom is -0.493 e. The zero-order valence-corrected chi connectivity index (χ0v) is 15.2. The van der Waals surface area contributed by atoms with Gasteiger partial charge in [-0.15, -0.1) is 0 Å². The van der Waals surface area contributed by atoms with Gasteiger partial charge in [0.1, 0.15) is 0 Å². The van der Waals surface area contributed by atoms with Crippen molar-refractivity contribution in [2.24, 2.45) is 22.0 Å². The minimum atomic E-state index is -0.559. The first kappa shape index (κ1) is 17.9. The first-order valence-corrected chi connectivity index (χ1v) is 8.46. The Labute approximate surface area is 151 Å². The zero-order chi connectivity index (χ0) is 18.8. The molecule has 2 amide bonds. The molecule has 1 aromatic carbocycles. The van der Waals surface area contributed by atoms with Crippen LogP contribution in [0, 0.1) is 11.8 Å². The molecule has 138 valence electrons. The third-order valence-electron chi connectivity index (χ3n) is 4.74. The molecule has 8 nitrogen and oxygen atoms in total. The molecule has 0 aromatic heterocycles. The van der Waals surface area contributed by atoms with E-state index in [2.05, 4.69) is 21.1 Å². The Morgan fingerprint density at radius 1 is 1.04 bits per heavy atom. The standard InChI is InChI=1S/C18H22N4O4/c1-5-26-12-7-6-11(8-13(12)25-4)16(14-9(2)19-21-17(14)23)15-10(3)20-22-18(15)24/h6-8,14-16H,5H2,1-4H3,(H,21,23)(H,22,24). The molecule has 2 atom stereocenters. The van der Waals surface area contributed by atoms with E-state index in [1.54, 1.807) is 27.0 Å². The molecule has 0 radical (unpaired) electrons. The van der Waals surface area contributed by atoms with Crippen molar-refractivity contribution in [3.05, 3.63) is 23.8 Å². The van der Waals surface area contributed by atoms with E-state index >= 15 is 0 Å². The van der Waals surface area contributed by atoms with Crippen LogP contribution in [0.15, 0.2) is 28.4 Å². The molecule has 0 saturated heterocycles. The van der Waals surface area contributed by atoms with Crippen LogP contribution < -0.4 is 20.3 Å². The molecule has 0 saturated carbocycles. The van der Waals surface area contributed by atoms with E-state index in [9.17, 15) is 9.59 Å². The van der Waals surface area contributed by atoms with Crippen molar-refractivity contribution < 1.29 is 19.1 Å². The van der Waals surface area contributed by atoms with Crippen molar-refractivity contribution in [1.29, 1.82) is 0 Å². The summed E-state index contributed by atoms with van der Waals surface area (Å²) in [5.74, 6) is -0.860. The molecule has 0 spiro atoms. The monoisotopic (exact) mass is 358 g/mol. The first-order chi connectivity index (χ1) is 12.5. The Morgan fingerprint density at radius 2 is 1.62 bits per heavy atom. The fraction of sp³-hybridized carbons (Fsp3) is 0.444. The van der Waals surface area contributed by atoms with Crippen LogP contribution in [0.4, 0.5) is 0 Å². The van der Waals surface area contributed by atoms with Crippen molar-refractivity contribution in [1.82, 2.24) is 10.9 Å². The molecular formula is C18H22N4O4. The van der Waals surface area contributed by atoms with Crippen LogP contribution in [0.25, 0.3) is 0 Å². The second kappa shape index (κ2) is 7.15. The Bertz CT molecular complexity index is 764. The average molecular weight is 358 g/mol. The van der Waals surface area contributed by atoms with Crippen LogP contribution in [0.1, 0.15) is 32.3 Å². The van der Waals surface area contributed by atoms with E-state index in [-0.39, 0.29) is 11.8 Å². The molecule has 8 heteroatoms. The summed E-state index contributed by atoms with van der Waals surface area (Å²) in [5.41, 5.74) is 7.08. The number of rotatable bonds is 6. The van der Waals surface area contributed by atoms with Crippen LogP contribution in [0.3, 0.4) is 0 Å². The van der Waals surface area contributed by atoms with Crippen LogP contribution in [0.5, 0.6) is 11.5 Å². The van der Waals surface area contributed by atoms with Gasteiger partial charge in [0.05, 0.1) is 25.6 Å². The van der Waals surface area contributed by atoms with Gasteiger partial charge in [0.2, 0.25) is 11.8 Å². The number of amides is 2. The van der Waals surface area contributed by atoms with Crippen LogP contribution in [-0.2, 0) is 9.59 Å². The number of nitrogens with zero attached hydrogens (tertiary/aromatic N) is 2. The molecule has 2 aliphatic heterocycles. The van der Waals surface area contributed by atoms with Gasteiger partial charge in [-0.2, -0.15) is 10.2 Å². The maximum Gasteiger partial charge on any atom is 0.249 e. The predicted molar refractivity (Wildman–Crippen MR) is 96.4 cm³/mol. The molecule has 2 aliphatic rings. The number of methoxy groups -OCH3 is 1. The summed E-state index contributed by atoms with van der Waals surface area (Å²) in [6.07, 6.45) is 0. The highest BCUT2D eigenvalue weighted by molar-refractivity contribution is 6.12. The quantitative estimate of drug-likeness (QED) is 0.803. The van der Waals surface area contributed by atoms with Gasteiger partial charge in [0, 0.05) is 17.3 Å². The number of nitrogens with one attached hydrogen (secondary N) is 2. The van der Waals surface area contributed by atoms with Gasteiger partial charge in [-0.3, -0.25) is 9.59 Å². The molecule has 3 rings (SSSR count). The zero-order valence-electron chi connectivity index (χ0n) is 15.2. The van der Waals surface area contributed by atoms with Crippen molar-refractivity contribution >= 4 is 23.2 Å². The summed E-state index contributed by atoms with van der Waals surface area (Å²) in [4.78, 5) is 24.9. The van der Waals surface area contributed by atoms with Crippen LogP contribution >= 0.6 is 0 Å². The molecule has 0 bridgehead atoms. The summed E-state index contributed by atoms with van der Waals surface area (Å²) in [7, 11) is 1.56. The van der Waals surface area contributed by atoms with Gasteiger partial charge >= 0.3 is 0 Å². The minimum absolute atomic E-state index is 0.229. The summed E-state index contributed by atoms with van der Waals surface area (Å²) < 4.78 is 11.0. The second-order valence-corrected chi connectivity index (χ2v) is 6.28. The molecule has 1 aromatic rings. The largest absolute Gasteiger partial charge is 0.493 e. The molecule has 0 aliphatic carbocycles. The predicted octanol–water partition coefficient (Wildman–Crippen LogP) is 1.42. The van der Waals surface area contributed by atoms with Gasteiger partial charge < -0.3 is 9.47 Å². The number of benzene rings is 1. The highest BCUT2D eigenvalue weighted by Crippen LogP contribution is 2.40. The number of hydrazone groups is 2. The maximum atomic E-state index is 12.4. The topological polar surface area (TPSA) is 101 Å². The third kappa shape index (κ3) is 3.02. The first-order valence-electron chi connectivity index (χ1n) is 8.46. The van der Waals surface area contributed by atoms with E-state index in [1.807, 2.05) is 19.1 Å². The van der Waals surface area contributed by atoms with Gasteiger partial charge in [-0.05, 0) is 38.5 Å². The fourth-order valence-electron chi connectivity index (χ4n) is 3.53. The Hall–Kier alpha value is -2.90. The fourth-order valence-corrected chi connectivity index (χ4v) is 3.53. The number of ether oxygens (including phenoxy) is 2. The summed E-state index contributed by atoms with van der Waals surface area (Å²) in [6.45, 7) is 5.95. The Morgan fingerprint density at radius 3 is 2.04 bits per heavy atom. The lowest BCUT2D eigenvalue weighted by atomic mass is 9.73. The number of hydrogen-bond acceptors (Lipinski definition) is 6. The lowest BCUT2D eigenvalue weighted by molar-refractivity contribution is -0.125. The second-order valence-electron chi connectivity index (χ2n) is 6.28. The molecule has 2 N–H and O–H groups in total. The molecule has 2 heterocycles. The number of hydrogen-bond donors (Lipinski definition) is 2. The molecule has 0 fully saturated rings. The smallest absolute Gasteiger partial charge is 0.249 e. The Balaban J connectivity index is 2.09. The van der Waals surface area contributed by atoms with E-state index in [0.717, 1.165) is 5.56 Å². The van der Waals surface area contributed by atoms with E-state index in [1.165, 1.54) is 0 Å². The van der Waals surface area contributed by atoms with Gasteiger partial charge in [0.25, 0.3) is 0 Å². The normalized spacial score (nSPS) is 23.1. The number of carbonyl (C=O) groups excluding carboxylic acids is 2. The van der Waals surface area contributed by atoms with Crippen molar-refractivity contribution in [2.75, 3.05) is 13.7 Å². The van der Waals surface area contributed by atoms with Crippen molar-refractivity contribution in [3.63, 3.8) is 0 Å². The lowest BCUT2D eigenvalue weighted by Crippen LogP contribution is -2.38. The van der Waals surface area contributed by atoms with E-state index < -0.39 is 17.8 Å². The highest BCUT2D eigenvalue weighted by atomic mass is 16.5. The molecule has 26 heavy (non-hydrogen) atoms. The third-order valence-corrected chi connectivity index (χ3v) is 4.74. The molecular weight excluding hydrogens is 336 g/mol. The summed E-state index contributed by atoms with van der Waals surface area (Å²) >= 11 is 0. The lowest BCUT2D eigenvalue weighted by Gasteiger charge is -2.27. The maximum absolute atomic E-state index is 12.4. The van der Waals surface area contributed by atoms with Crippen molar-refractivity contribution in [3.8, 4) is 11.5 Å². The summed E-state index contributed by atoms with van der Waals surface area (Å²) in [5, 5.41) is 8.09.